The third-order valence-corrected chi connectivity index (χ3v) is 5.60. The maximum Gasteiger partial charge on any atom is 0.243 e. The maximum atomic E-state index is 12.5. The second-order valence-corrected chi connectivity index (χ2v) is 7.03. The maximum absolute atomic E-state index is 12.5. The van der Waals surface area contributed by atoms with Crippen LogP contribution >= 0.6 is 0 Å². The summed E-state index contributed by atoms with van der Waals surface area (Å²) in [6.07, 6.45) is 3.18. The zero-order chi connectivity index (χ0) is 13.2. The standard InChI is InChI=1S/C14H21NO2S/c1-3-13-5-4-10-15(11-13)18(16,17)14-8-6-12(2)7-9-14/h6-9,13H,3-5,10-11H2,1-2H3/t13-/m1/s1. The Bertz CT molecular complexity index is 493. The molecule has 0 N–H and O–H groups in total. The largest absolute Gasteiger partial charge is 0.243 e. The van der Waals surface area contributed by atoms with Crippen molar-refractivity contribution < 1.29 is 8.42 Å². The van der Waals surface area contributed by atoms with E-state index in [4.69, 9.17) is 0 Å². The Morgan fingerprint density at radius 1 is 1.28 bits per heavy atom. The van der Waals surface area contributed by atoms with Crippen LogP contribution in [0.2, 0.25) is 0 Å². The van der Waals surface area contributed by atoms with Gasteiger partial charge in [-0.05, 0) is 37.8 Å². The molecule has 1 aromatic rings. The van der Waals surface area contributed by atoms with E-state index in [1.807, 2.05) is 19.1 Å². The normalized spacial score (nSPS) is 22.0. The molecule has 4 heteroatoms. The van der Waals surface area contributed by atoms with Gasteiger partial charge in [-0.1, -0.05) is 31.0 Å². The topological polar surface area (TPSA) is 37.4 Å². The van der Waals surface area contributed by atoms with E-state index in [9.17, 15) is 8.42 Å². The molecule has 0 unspecified atom stereocenters. The lowest BCUT2D eigenvalue weighted by atomic mass is 9.97. The van der Waals surface area contributed by atoms with E-state index in [1.165, 1.54) is 0 Å². The number of piperidine rings is 1. The number of sulfonamides is 1. The molecule has 1 fully saturated rings. The van der Waals surface area contributed by atoms with E-state index in [1.54, 1.807) is 16.4 Å². The summed E-state index contributed by atoms with van der Waals surface area (Å²) in [6, 6.07) is 7.13. The van der Waals surface area contributed by atoms with Crippen molar-refractivity contribution in [1.29, 1.82) is 0 Å². The number of nitrogens with zero attached hydrogens (tertiary/aromatic N) is 1. The number of hydrogen-bond donors (Lipinski definition) is 0. The van der Waals surface area contributed by atoms with E-state index >= 15 is 0 Å². The number of rotatable bonds is 3. The first-order chi connectivity index (χ1) is 8.54. The monoisotopic (exact) mass is 267 g/mol. The van der Waals surface area contributed by atoms with E-state index < -0.39 is 10.0 Å². The van der Waals surface area contributed by atoms with E-state index in [2.05, 4.69) is 6.92 Å². The molecule has 3 nitrogen and oxygen atoms in total. The van der Waals surface area contributed by atoms with Gasteiger partial charge in [-0.2, -0.15) is 4.31 Å². The second-order valence-electron chi connectivity index (χ2n) is 5.09. The highest BCUT2D eigenvalue weighted by Gasteiger charge is 2.29. The summed E-state index contributed by atoms with van der Waals surface area (Å²) in [5, 5.41) is 0. The molecule has 100 valence electrons. The molecule has 0 amide bonds. The van der Waals surface area contributed by atoms with Gasteiger partial charge in [0.05, 0.1) is 4.90 Å². The van der Waals surface area contributed by atoms with Crippen LogP contribution in [-0.2, 0) is 10.0 Å². The molecule has 18 heavy (non-hydrogen) atoms. The van der Waals surface area contributed by atoms with Crippen LogP contribution < -0.4 is 0 Å². The molecule has 1 atom stereocenters. The molecule has 0 spiro atoms. The van der Waals surface area contributed by atoms with Crippen molar-refractivity contribution >= 4 is 10.0 Å². The Morgan fingerprint density at radius 3 is 2.56 bits per heavy atom. The van der Waals surface area contributed by atoms with Gasteiger partial charge in [-0.15, -0.1) is 0 Å². The van der Waals surface area contributed by atoms with Crippen LogP contribution in [-0.4, -0.2) is 25.8 Å². The Balaban J connectivity index is 2.22. The van der Waals surface area contributed by atoms with Gasteiger partial charge < -0.3 is 0 Å². The van der Waals surface area contributed by atoms with Crippen molar-refractivity contribution in [2.45, 2.75) is 38.0 Å². The fourth-order valence-electron chi connectivity index (χ4n) is 2.44. The highest BCUT2D eigenvalue weighted by Crippen LogP contribution is 2.25. The van der Waals surface area contributed by atoms with E-state index in [0.29, 0.717) is 23.9 Å². The summed E-state index contributed by atoms with van der Waals surface area (Å²) >= 11 is 0. The quantitative estimate of drug-likeness (QED) is 0.844. The van der Waals surface area contributed by atoms with Crippen LogP contribution in [0, 0.1) is 12.8 Å². The minimum absolute atomic E-state index is 0.421. The summed E-state index contributed by atoms with van der Waals surface area (Å²) in [7, 11) is -3.29. The van der Waals surface area contributed by atoms with Gasteiger partial charge in [0.15, 0.2) is 0 Å². The van der Waals surface area contributed by atoms with Gasteiger partial charge in [0.25, 0.3) is 0 Å². The molecule has 0 aliphatic carbocycles. The zero-order valence-corrected chi connectivity index (χ0v) is 11.9. The molecule has 1 aromatic carbocycles. The molecule has 1 aliphatic rings. The molecular formula is C14H21NO2S. The lowest BCUT2D eigenvalue weighted by molar-refractivity contribution is 0.261. The summed E-state index contributed by atoms with van der Waals surface area (Å²) < 4.78 is 26.6. The zero-order valence-electron chi connectivity index (χ0n) is 11.1. The molecule has 1 saturated heterocycles. The number of hydrogen-bond acceptors (Lipinski definition) is 2. The van der Waals surface area contributed by atoms with Crippen LogP contribution in [0.5, 0.6) is 0 Å². The Hall–Kier alpha value is -0.870. The van der Waals surface area contributed by atoms with E-state index in [0.717, 1.165) is 24.8 Å². The molecule has 1 aliphatic heterocycles. The van der Waals surface area contributed by atoms with Crippen LogP contribution in [0.15, 0.2) is 29.2 Å². The Kier molecular flexibility index (Phi) is 4.07. The first-order valence-corrected chi connectivity index (χ1v) is 8.05. The molecule has 0 aromatic heterocycles. The average Bonchev–Trinajstić information content (AvgIpc) is 2.39. The SMILES string of the molecule is CC[C@@H]1CCCN(S(=O)(=O)c2ccc(C)cc2)C1. The molecule has 0 bridgehead atoms. The van der Waals surface area contributed by atoms with Crippen molar-refractivity contribution in [3.63, 3.8) is 0 Å². The Morgan fingerprint density at radius 2 is 1.94 bits per heavy atom. The van der Waals surface area contributed by atoms with E-state index in [-0.39, 0.29) is 0 Å². The summed E-state index contributed by atoms with van der Waals surface area (Å²) in [4.78, 5) is 0.421. The number of benzene rings is 1. The average molecular weight is 267 g/mol. The highest BCUT2D eigenvalue weighted by atomic mass is 32.2. The first-order valence-electron chi connectivity index (χ1n) is 6.61. The van der Waals surface area contributed by atoms with Gasteiger partial charge in [0.2, 0.25) is 10.0 Å². The lowest BCUT2D eigenvalue weighted by Gasteiger charge is -2.31. The molecule has 1 heterocycles. The van der Waals surface area contributed by atoms with Crippen molar-refractivity contribution in [3.05, 3.63) is 29.8 Å². The first kappa shape index (κ1) is 13.6. The minimum atomic E-state index is -3.29. The van der Waals surface area contributed by atoms with Crippen molar-refractivity contribution in [1.82, 2.24) is 4.31 Å². The summed E-state index contributed by atoms with van der Waals surface area (Å²) in [6.45, 7) is 5.43. The predicted octanol–water partition coefficient (Wildman–Crippen LogP) is 2.81. The van der Waals surface area contributed by atoms with Gasteiger partial charge in [-0.25, -0.2) is 8.42 Å². The number of aryl methyl sites for hydroxylation is 1. The van der Waals surface area contributed by atoms with Gasteiger partial charge in [0, 0.05) is 13.1 Å². The molecule has 2 rings (SSSR count). The third-order valence-electron chi connectivity index (χ3n) is 3.72. The second kappa shape index (κ2) is 5.41. The van der Waals surface area contributed by atoms with Crippen molar-refractivity contribution in [3.8, 4) is 0 Å². The van der Waals surface area contributed by atoms with Gasteiger partial charge >= 0.3 is 0 Å². The highest BCUT2D eigenvalue weighted by molar-refractivity contribution is 7.89. The van der Waals surface area contributed by atoms with Gasteiger partial charge in [-0.3, -0.25) is 0 Å². The third kappa shape index (κ3) is 2.75. The summed E-state index contributed by atoms with van der Waals surface area (Å²) in [5.74, 6) is 0.513. The molecule has 0 radical (unpaired) electrons. The molecular weight excluding hydrogens is 246 g/mol. The van der Waals surface area contributed by atoms with Crippen LogP contribution in [0.25, 0.3) is 0 Å². The van der Waals surface area contributed by atoms with Crippen LogP contribution in [0.4, 0.5) is 0 Å². The fourth-order valence-corrected chi connectivity index (χ4v) is 3.99. The summed E-state index contributed by atoms with van der Waals surface area (Å²) in [5.41, 5.74) is 1.08. The van der Waals surface area contributed by atoms with Crippen molar-refractivity contribution in [2.24, 2.45) is 5.92 Å². The van der Waals surface area contributed by atoms with Crippen molar-refractivity contribution in [2.75, 3.05) is 13.1 Å². The molecule has 0 saturated carbocycles. The van der Waals surface area contributed by atoms with Crippen LogP contribution in [0.1, 0.15) is 31.7 Å². The predicted molar refractivity (Wildman–Crippen MR) is 73.0 cm³/mol. The smallest absolute Gasteiger partial charge is 0.207 e. The Labute approximate surface area is 110 Å². The van der Waals surface area contributed by atoms with Crippen LogP contribution in [0.3, 0.4) is 0 Å². The minimum Gasteiger partial charge on any atom is -0.207 e. The lowest BCUT2D eigenvalue weighted by Crippen LogP contribution is -2.39. The fraction of sp³-hybridized carbons (Fsp3) is 0.571. The van der Waals surface area contributed by atoms with Gasteiger partial charge in [0.1, 0.15) is 0 Å².